The molecule has 96 valence electrons. The maximum atomic E-state index is 4.96. The van der Waals surface area contributed by atoms with Crippen molar-refractivity contribution in [2.45, 2.75) is 10.1 Å². The van der Waals surface area contributed by atoms with Crippen molar-refractivity contribution in [3.8, 4) is 0 Å². The molecule has 1 N–H and O–H groups in total. The van der Waals surface area contributed by atoms with E-state index in [9.17, 15) is 0 Å². The first-order chi connectivity index (χ1) is 8.88. The fraction of sp³-hybridized carbons (Fsp3) is 0.364. The van der Waals surface area contributed by atoms with Gasteiger partial charge in [-0.05, 0) is 12.1 Å². The Labute approximate surface area is 114 Å². The highest BCUT2D eigenvalue weighted by Gasteiger charge is 2.04. The Bertz CT molecular complexity index is 463. The predicted molar refractivity (Wildman–Crippen MR) is 74.1 cm³/mol. The number of methoxy groups -OCH3 is 1. The second-order valence-electron chi connectivity index (χ2n) is 3.40. The minimum atomic E-state index is 0.663. The van der Waals surface area contributed by atoms with Gasteiger partial charge in [-0.2, -0.15) is 0 Å². The van der Waals surface area contributed by atoms with Gasteiger partial charge in [0.25, 0.3) is 0 Å². The Kier molecular flexibility index (Phi) is 5.37. The van der Waals surface area contributed by atoms with Crippen LogP contribution in [-0.4, -0.2) is 35.4 Å². The summed E-state index contributed by atoms with van der Waals surface area (Å²) < 4.78 is 5.90. The van der Waals surface area contributed by atoms with Gasteiger partial charge in [0.15, 0.2) is 4.34 Å². The number of nitrogens with zero attached hydrogens (tertiary/aromatic N) is 3. The van der Waals surface area contributed by atoms with Gasteiger partial charge in [-0.3, -0.25) is 4.98 Å². The molecule has 0 aromatic carbocycles. The molecule has 7 heteroatoms. The fourth-order valence-corrected chi connectivity index (χ4v) is 2.91. The first-order valence-electron chi connectivity index (χ1n) is 5.47. The molecular formula is C11H14N4OS2. The van der Waals surface area contributed by atoms with Crippen molar-refractivity contribution >= 4 is 28.2 Å². The average molecular weight is 282 g/mol. The van der Waals surface area contributed by atoms with Crippen molar-refractivity contribution in [3.05, 3.63) is 30.1 Å². The van der Waals surface area contributed by atoms with Gasteiger partial charge in [0.05, 0.1) is 12.3 Å². The molecule has 0 bridgehead atoms. The van der Waals surface area contributed by atoms with Crippen molar-refractivity contribution in [2.75, 3.05) is 25.6 Å². The van der Waals surface area contributed by atoms with Gasteiger partial charge < -0.3 is 10.1 Å². The zero-order valence-electron chi connectivity index (χ0n) is 10.00. The van der Waals surface area contributed by atoms with Crippen LogP contribution in [0.1, 0.15) is 5.69 Å². The molecule has 0 aliphatic heterocycles. The number of nitrogens with one attached hydrogen (secondary N) is 1. The molecule has 0 radical (unpaired) electrons. The summed E-state index contributed by atoms with van der Waals surface area (Å²) in [5.41, 5.74) is 1.05. The Morgan fingerprint density at radius 2 is 2.33 bits per heavy atom. The molecule has 0 unspecified atom stereocenters. The Morgan fingerprint density at radius 1 is 1.39 bits per heavy atom. The summed E-state index contributed by atoms with van der Waals surface area (Å²) in [4.78, 5) is 4.26. The van der Waals surface area contributed by atoms with Gasteiger partial charge in [-0.25, -0.2) is 0 Å². The number of hydrogen-bond acceptors (Lipinski definition) is 7. The summed E-state index contributed by atoms with van der Waals surface area (Å²) in [6, 6.07) is 5.91. The SMILES string of the molecule is COCCNc1nnc(SCc2ccccn2)s1. The molecule has 2 aromatic heterocycles. The quantitative estimate of drug-likeness (QED) is 0.621. The highest BCUT2D eigenvalue weighted by Crippen LogP contribution is 2.27. The predicted octanol–water partition coefficient (Wildman–Crippen LogP) is 2.28. The number of aromatic nitrogens is 3. The largest absolute Gasteiger partial charge is 0.383 e. The van der Waals surface area contributed by atoms with Crippen LogP contribution in [-0.2, 0) is 10.5 Å². The van der Waals surface area contributed by atoms with Gasteiger partial charge in [-0.1, -0.05) is 29.2 Å². The second kappa shape index (κ2) is 7.30. The zero-order valence-corrected chi connectivity index (χ0v) is 11.6. The van der Waals surface area contributed by atoms with Crippen LogP contribution < -0.4 is 5.32 Å². The Hall–Kier alpha value is -1.18. The first kappa shape index (κ1) is 13.3. The van der Waals surface area contributed by atoms with Crippen molar-refractivity contribution in [3.63, 3.8) is 0 Å². The minimum absolute atomic E-state index is 0.663. The number of anilines is 1. The van der Waals surface area contributed by atoms with Crippen LogP contribution in [0.25, 0.3) is 0 Å². The van der Waals surface area contributed by atoms with E-state index >= 15 is 0 Å². The van der Waals surface area contributed by atoms with Gasteiger partial charge in [-0.15, -0.1) is 10.2 Å². The smallest absolute Gasteiger partial charge is 0.206 e. The molecule has 0 atom stereocenters. The molecule has 0 aliphatic rings. The summed E-state index contributed by atoms with van der Waals surface area (Å²) in [6.45, 7) is 1.41. The van der Waals surface area contributed by atoms with E-state index in [0.717, 1.165) is 27.5 Å². The zero-order chi connectivity index (χ0) is 12.6. The van der Waals surface area contributed by atoms with E-state index in [1.807, 2.05) is 18.2 Å². The lowest BCUT2D eigenvalue weighted by Gasteiger charge is -1.98. The molecule has 5 nitrogen and oxygen atoms in total. The van der Waals surface area contributed by atoms with Crippen molar-refractivity contribution < 1.29 is 4.74 Å². The number of ether oxygens (including phenoxy) is 1. The minimum Gasteiger partial charge on any atom is -0.383 e. The van der Waals surface area contributed by atoms with E-state index in [4.69, 9.17) is 4.74 Å². The summed E-state index contributed by atoms with van der Waals surface area (Å²) >= 11 is 3.19. The third kappa shape index (κ3) is 4.25. The van der Waals surface area contributed by atoms with E-state index < -0.39 is 0 Å². The number of thioether (sulfide) groups is 1. The molecule has 0 amide bonds. The third-order valence-corrected chi connectivity index (χ3v) is 4.11. The molecule has 2 aromatic rings. The lowest BCUT2D eigenvalue weighted by molar-refractivity contribution is 0.211. The van der Waals surface area contributed by atoms with Crippen molar-refractivity contribution in [1.29, 1.82) is 0 Å². The van der Waals surface area contributed by atoms with Gasteiger partial charge >= 0.3 is 0 Å². The standard InChI is InChI=1S/C11H14N4OS2/c1-16-7-6-13-10-14-15-11(18-10)17-8-9-4-2-3-5-12-9/h2-5H,6-8H2,1H3,(H,13,14). The Morgan fingerprint density at radius 3 is 3.11 bits per heavy atom. The second-order valence-corrected chi connectivity index (χ2v) is 5.60. The van der Waals surface area contributed by atoms with E-state index in [0.29, 0.717) is 6.61 Å². The highest BCUT2D eigenvalue weighted by atomic mass is 32.2. The maximum Gasteiger partial charge on any atom is 0.206 e. The van der Waals surface area contributed by atoms with E-state index in [2.05, 4.69) is 20.5 Å². The summed E-state index contributed by atoms with van der Waals surface area (Å²) in [6.07, 6.45) is 1.80. The van der Waals surface area contributed by atoms with Crippen molar-refractivity contribution in [2.24, 2.45) is 0 Å². The summed E-state index contributed by atoms with van der Waals surface area (Å²) in [7, 11) is 1.68. The molecule has 18 heavy (non-hydrogen) atoms. The van der Waals surface area contributed by atoms with Crippen LogP contribution in [0.3, 0.4) is 0 Å². The molecule has 0 fully saturated rings. The molecule has 0 saturated heterocycles. The number of hydrogen-bond donors (Lipinski definition) is 1. The number of rotatable bonds is 7. The Balaban J connectivity index is 1.80. The monoisotopic (exact) mass is 282 g/mol. The topological polar surface area (TPSA) is 59.9 Å². The first-order valence-corrected chi connectivity index (χ1v) is 7.27. The average Bonchev–Trinajstić information content (AvgIpc) is 2.86. The van der Waals surface area contributed by atoms with Crippen LogP contribution in [0.4, 0.5) is 5.13 Å². The lowest BCUT2D eigenvalue weighted by Crippen LogP contribution is -2.06. The van der Waals surface area contributed by atoms with Crippen LogP contribution in [0.15, 0.2) is 28.7 Å². The van der Waals surface area contributed by atoms with Crippen molar-refractivity contribution in [1.82, 2.24) is 15.2 Å². The van der Waals surface area contributed by atoms with E-state index in [1.165, 1.54) is 0 Å². The maximum absolute atomic E-state index is 4.96. The van der Waals surface area contributed by atoms with E-state index in [1.54, 1.807) is 36.4 Å². The molecule has 0 aliphatic carbocycles. The van der Waals surface area contributed by atoms with Crippen LogP contribution in [0.2, 0.25) is 0 Å². The lowest BCUT2D eigenvalue weighted by atomic mass is 10.4. The summed E-state index contributed by atoms with van der Waals surface area (Å²) in [5, 5.41) is 12.2. The summed E-state index contributed by atoms with van der Waals surface area (Å²) in [5.74, 6) is 0.813. The van der Waals surface area contributed by atoms with Gasteiger partial charge in [0, 0.05) is 25.6 Å². The van der Waals surface area contributed by atoms with Crippen LogP contribution in [0, 0.1) is 0 Å². The van der Waals surface area contributed by atoms with Crippen LogP contribution in [0.5, 0.6) is 0 Å². The highest BCUT2D eigenvalue weighted by molar-refractivity contribution is 8.00. The molecule has 2 rings (SSSR count). The fourth-order valence-electron chi connectivity index (χ4n) is 1.22. The molecule has 0 saturated carbocycles. The third-order valence-electron chi connectivity index (χ3n) is 2.06. The van der Waals surface area contributed by atoms with Gasteiger partial charge in [0.1, 0.15) is 0 Å². The molecule has 0 spiro atoms. The number of pyridine rings is 1. The van der Waals surface area contributed by atoms with Gasteiger partial charge in [0.2, 0.25) is 5.13 Å². The van der Waals surface area contributed by atoms with Crippen LogP contribution >= 0.6 is 23.1 Å². The normalized spacial score (nSPS) is 10.5. The molecular weight excluding hydrogens is 268 g/mol. The van der Waals surface area contributed by atoms with E-state index in [-0.39, 0.29) is 0 Å². The molecule has 2 heterocycles.